The van der Waals surface area contributed by atoms with Crippen LogP contribution in [0, 0.1) is 0 Å². The summed E-state index contributed by atoms with van der Waals surface area (Å²) in [6, 6.07) is 1.99. The quantitative estimate of drug-likeness (QED) is 0.591. The molecule has 180 valence electrons. The molecule has 2 amide bonds. The molecule has 4 rings (SSSR count). The molecule has 0 spiro atoms. The van der Waals surface area contributed by atoms with Crippen molar-refractivity contribution in [2.75, 3.05) is 33.0 Å². The molecule has 1 saturated heterocycles. The SMILES string of the molecule is CN1CC[C@H](NS(C)(=O)=O)C(=O)N2C[C@@H](O)C[C@H]2COc2ccsc2-c2cc(n(C)n2)C1=O. The van der Waals surface area contributed by atoms with Crippen LogP contribution in [-0.2, 0) is 21.9 Å². The summed E-state index contributed by atoms with van der Waals surface area (Å²) in [5.41, 5.74) is 0.967. The Labute approximate surface area is 196 Å². The fraction of sp³-hybridized carbons (Fsp3) is 0.550. The fourth-order valence-corrected chi connectivity index (χ4v) is 5.72. The number of fused-ring (bicyclic) bond motifs is 5. The van der Waals surface area contributed by atoms with Crippen LogP contribution in [-0.4, -0.2) is 96.1 Å². The van der Waals surface area contributed by atoms with Gasteiger partial charge in [-0.05, 0) is 30.4 Å². The molecule has 3 atom stereocenters. The second-order valence-electron chi connectivity index (χ2n) is 8.46. The lowest BCUT2D eigenvalue weighted by Crippen LogP contribution is -2.52. The lowest BCUT2D eigenvalue weighted by molar-refractivity contribution is -0.134. The zero-order valence-electron chi connectivity index (χ0n) is 18.6. The topological polar surface area (TPSA) is 134 Å². The highest BCUT2D eigenvalue weighted by Crippen LogP contribution is 2.36. The van der Waals surface area contributed by atoms with Crippen LogP contribution in [0.5, 0.6) is 5.75 Å². The van der Waals surface area contributed by atoms with E-state index < -0.39 is 34.1 Å². The van der Waals surface area contributed by atoms with Crippen LogP contribution < -0.4 is 9.46 Å². The molecule has 0 aromatic carbocycles. The van der Waals surface area contributed by atoms with Gasteiger partial charge in [-0.25, -0.2) is 13.1 Å². The van der Waals surface area contributed by atoms with Gasteiger partial charge in [-0.3, -0.25) is 14.3 Å². The Balaban J connectivity index is 1.72. The van der Waals surface area contributed by atoms with Crippen molar-refractivity contribution in [2.24, 2.45) is 7.05 Å². The van der Waals surface area contributed by atoms with Crippen LogP contribution in [0.1, 0.15) is 23.3 Å². The smallest absolute Gasteiger partial charge is 0.271 e. The number of amides is 2. The molecule has 2 aromatic rings. The fourth-order valence-electron chi connectivity index (χ4n) is 4.19. The van der Waals surface area contributed by atoms with Gasteiger partial charge in [0.2, 0.25) is 15.9 Å². The summed E-state index contributed by atoms with van der Waals surface area (Å²) in [4.78, 5) is 30.1. The highest BCUT2D eigenvalue weighted by molar-refractivity contribution is 7.88. The molecule has 0 unspecified atom stereocenters. The van der Waals surface area contributed by atoms with Gasteiger partial charge in [0.05, 0.1) is 23.3 Å². The maximum absolute atomic E-state index is 13.3. The molecule has 11 nitrogen and oxygen atoms in total. The van der Waals surface area contributed by atoms with Crippen molar-refractivity contribution in [1.82, 2.24) is 24.3 Å². The minimum atomic E-state index is -3.70. The number of aromatic nitrogens is 2. The van der Waals surface area contributed by atoms with E-state index in [4.69, 9.17) is 4.74 Å². The van der Waals surface area contributed by atoms with Gasteiger partial charge >= 0.3 is 0 Å². The number of aliphatic hydroxyl groups is 1. The summed E-state index contributed by atoms with van der Waals surface area (Å²) in [7, 11) is -0.423. The average Bonchev–Trinajstić information content (AvgIpc) is 3.44. The molecule has 2 aliphatic heterocycles. The van der Waals surface area contributed by atoms with Gasteiger partial charge in [0.1, 0.15) is 29.8 Å². The number of carbonyl (C=O) groups is 2. The number of carbonyl (C=O) groups excluding carboxylic acids is 2. The van der Waals surface area contributed by atoms with Gasteiger partial charge in [-0.1, -0.05) is 0 Å². The maximum atomic E-state index is 13.3. The molecule has 2 bridgehead atoms. The third-order valence-electron chi connectivity index (χ3n) is 5.82. The van der Waals surface area contributed by atoms with Crippen molar-refractivity contribution in [3.63, 3.8) is 0 Å². The molecule has 1 fully saturated rings. The Morgan fingerprint density at radius 1 is 1.30 bits per heavy atom. The molecule has 2 aliphatic rings. The van der Waals surface area contributed by atoms with Crippen molar-refractivity contribution in [1.29, 1.82) is 0 Å². The maximum Gasteiger partial charge on any atom is 0.271 e. The number of hydrogen-bond donors (Lipinski definition) is 2. The first kappa shape index (κ1) is 23.7. The molecule has 13 heteroatoms. The largest absolute Gasteiger partial charge is 0.490 e. The molecular weight excluding hydrogens is 470 g/mol. The lowest BCUT2D eigenvalue weighted by atomic mass is 10.1. The first-order chi connectivity index (χ1) is 15.5. The van der Waals surface area contributed by atoms with Crippen molar-refractivity contribution in [3.05, 3.63) is 23.2 Å². The van der Waals surface area contributed by atoms with E-state index in [9.17, 15) is 23.1 Å². The number of rotatable bonds is 2. The van der Waals surface area contributed by atoms with E-state index in [1.54, 1.807) is 26.2 Å². The molecule has 0 aliphatic carbocycles. The summed E-state index contributed by atoms with van der Waals surface area (Å²) >= 11 is 1.43. The van der Waals surface area contributed by atoms with Crippen LogP contribution in [0.2, 0.25) is 0 Å². The number of aliphatic hydroxyl groups excluding tert-OH is 1. The number of aryl methyl sites for hydroxylation is 1. The number of nitrogens with zero attached hydrogens (tertiary/aromatic N) is 4. The van der Waals surface area contributed by atoms with Crippen LogP contribution in [0.4, 0.5) is 0 Å². The number of sulfonamides is 1. The summed E-state index contributed by atoms with van der Waals surface area (Å²) in [6.07, 6.45) is 0.652. The summed E-state index contributed by atoms with van der Waals surface area (Å²) in [5.74, 6) is -0.181. The molecular formula is C20H27N5O6S2. The Kier molecular flexibility index (Phi) is 6.49. The van der Waals surface area contributed by atoms with E-state index in [0.29, 0.717) is 23.6 Å². The first-order valence-electron chi connectivity index (χ1n) is 10.5. The number of hydrogen-bond acceptors (Lipinski definition) is 8. The highest BCUT2D eigenvalue weighted by atomic mass is 32.2. The van der Waals surface area contributed by atoms with Gasteiger partial charge in [0, 0.05) is 27.2 Å². The predicted octanol–water partition coefficient (Wildman–Crippen LogP) is -0.117. The van der Waals surface area contributed by atoms with Crippen LogP contribution in [0.25, 0.3) is 10.6 Å². The Hall–Kier alpha value is -2.48. The van der Waals surface area contributed by atoms with E-state index in [-0.39, 0.29) is 32.0 Å². The first-order valence-corrected chi connectivity index (χ1v) is 13.3. The van der Waals surface area contributed by atoms with E-state index in [1.165, 1.54) is 25.8 Å². The summed E-state index contributed by atoms with van der Waals surface area (Å²) < 4.78 is 33.8. The highest BCUT2D eigenvalue weighted by Gasteiger charge is 2.39. The molecule has 33 heavy (non-hydrogen) atoms. The van der Waals surface area contributed by atoms with E-state index in [1.807, 2.05) is 5.38 Å². The van der Waals surface area contributed by atoms with Gasteiger partial charge in [0.25, 0.3) is 5.91 Å². The average molecular weight is 498 g/mol. The monoisotopic (exact) mass is 497 g/mol. The number of thiophene rings is 1. The van der Waals surface area contributed by atoms with E-state index in [0.717, 1.165) is 11.1 Å². The summed E-state index contributed by atoms with van der Waals surface area (Å²) in [6.45, 7) is 0.361. The van der Waals surface area contributed by atoms with Crippen molar-refractivity contribution < 1.29 is 27.9 Å². The molecule has 2 N–H and O–H groups in total. The second-order valence-corrected chi connectivity index (χ2v) is 11.2. The molecule has 4 heterocycles. The Morgan fingerprint density at radius 2 is 2.06 bits per heavy atom. The standard InChI is InChI=1S/C20H27N5O6S2/c1-23-6-4-14(22-33(3,29)30)19(27)25-10-13(26)8-12(25)11-31-17-5-7-32-18(17)15-9-16(20(23)28)24(2)21-15/h5,7,9,12-14,22,26H,4,6,8,10-11H2,1-3H3/t12-,13-,14-/m0/s1. The van der Waals surface area contributed by atoms with Gasteiger partial charge in [-0.15, -0.1) is 11.3 Å². The lowest BCUT2D eigenvalue weighted by Gasteiger charge is -2.29. The predicted molar refractivity (Wildman–Crippen MR) is 121 cm³/mol. The summed E-state index contributed by atoms with van der Waals surface area (Å²) in [5, 5.41) is 16.6. The van der Waals surface area contributed by atoms with E-state index in [2.05, 4.69) is 9.82 Å². The van der Waals surface area contributed by atoms with Gasteiger partial charge < -0.3 is 19.6 Å². The Morgan fingerprint density at radius 3 is 2.79 bits per heavy atom. The number of ether oxygens (including phenoxy) is 1. The molecule has 0 saturated carbocycles. The van der Waals surface area contributed by atoms with Crippen LogP contribution in [0.15, 0.2) is 17.5 Å². The third-order valence-corrected chi connectivity index (χ3v) is 7.45. The Bertz CT molecular complexity index is 1160. The van der Waals surface area contributed by atoms with E-state index >= 15 is 0 Å². The normalized spacial score (nSPS) is 24.7. The van der Waals surface area contributed by atoms with Crippen LogP contribution in [0.3, 0.4) is 0 Å². The zero-order chi connectivity index (χ0) is 23.9. The van der Waals surface area contributed by atoms with Crippen LogP contribution >= 0.6 is 11.3 Å². The number of nitrogens with one attached hydrogen (secondary N) is 1. The molecule has 0 radical (unpaired) electrons. The minimum absolute atomic E-state index is 0.0758. The van der Waals surface area contributed by atoms with Crippen molar-refractivity contribution in [2.45, 2.75) is 31.0 Å². The van der Waals surface area contributed by atoms with Crippen molar-refractivity contribution in [3.8, 4) is 16.3 Å². The third kappa shape index (κ3) is 5.05. The van der Waals surface area contributed by atoms with Gasteiger partial charge in [-0.2, -0.15) is 5.10 Å². The second kappa shape index (κ2) is 9.05. The zero-order valence-corrected chi connectivity index (χ0v) is 20.2. The molecule has 2 aromatic heterocycles. The minimum Gasteiger partial charge on any atom is -0.490 e. The van der Waals surface area contributed by atoms with Crippen molar-refractivity contribution >= 4 is 33.2 Å². The van der Waals surface area contributed by atoms with Gasteiger partial charge in [0.15, 0.2) is 0 Å².